The molecule has 4 heterocycles. The first-order valence-corrected chi connectivity index (χ1v) is 13.7. The van der Waals surface area contributed by atoms with Crippen LogP contribution in [0.5, 0.6) is 0 Å². The number of carbonyl (C=O) groups excluding carboxylic acids is 1. The number of aryl methyl sites for hydroxylation is 1. The van der Waals surface area contributed by atoms with Gasteiger partial charge in [-0.05, 0) is 66.3 Å². The lowest BCUT2D eigenvalue weighted by Crippen LogP contribution is -2.36. The quantitative estimate of drug-likeness (QED) is 0.291. The zero-order chi connectivity index (χ0) is 27.4. The molecular formula is C33H29N5O2. The average Bonchev–Trinajstić information content (AvgIpc) is 3.26. The van der Waals surface area contributed by atoms with Gasteiger partial charge in [-0.3, -0.25) is 23.9 Å². The number of hydrogen-bond donors (Lipinski definition) is 0. The van der Waals surface area contributed by atoms with Crippen molar-refractivity contribution in [2.45, 2.75) is 25.7 Å². The van der Waals surface area contributed by atoms with Crippen LogP contribution in [0.1, 0.15) is 31.2 Å². The summed E-state index contributed by atoms with van der Waals surface area (Å²) in [4.78, 5) is 36.5. The van der Waals surface area contributed by atoms with Gasteiger partial charge in [0.1, 0.15) is 0 Å². The van der Waals surface area contributed by atoms with Crippen LogP contribution in [0.4, 0.5) is 0 Å². The minimum absolute atomic E-state index is 0.107. The largest absolute Gasteiger partial charge is 0.343 e. The first-order valence-electron chi connectivity index (χ1n) is 13.7. The van der Waals surface area contributed by atoms with Crippen LogP contribution in [0.15, 0.2) is 90.0 Å². The molecule has 7 rings (SSSR count). The molecule has 3 aromatic heterocycles. The number of piperidine rings is 1. The molecule has 1 aliphatic heterocycles. The first kappa shape index (κ1) is 24.3. The Morgan fingerprint density at radius 2 is 1.60 bits per heavy atom. The summed E-state index contributed by atoms with van der Waals surface area (Å²) in [6.07, 6.45) is 5.59. The number of carbonyl (C=O) groups is 1. The number of aromatic nitrogens is 4. The topological polar surface area (TPSA) is 73.0 Å². The van der Waals surface area contributed by atoms with E-state index in [9.17, 15) is 9.59 Å². The number of imidazole rings is 1. The van der Waals surface area contributed by atoms with E-state index in [4.69, 9.17) is 0 Å². The Kier molecular flexibility index (Phi) is 5.73. The van der Waals surface area contributed by atoms with Gasteiger partial charge in [-0.15, -0.1) is 0 Å². The van der Waals surface area contributed by atoms with E-state index >= 15 is 0 Å². The van der Waals surface area contributed by atoms with Crippen molar-refractivity contribution in [1.29, 1.82) is 0 Å². The third kappa shape index (κ3) is 3.97. The Morgan fingerprint density at radius 3 is 2.38 bits per heavy atom. The number of benzene rings is 3. The lowest BCUT2D eigenvalue weighted by Gasteiger charge is -2.31. The fourth-order valence-corrected chi connectivity index (χ4v) is 6.07. The second-order valence-corrected chi connectivity index (χ2v) is 10.7. The zero-order valence-corrected chi connectivity index (χ0v) is 22.5. The fraction of sp³-hybridized carbons (Fsp3) is 0.212. The minimum atomic E-state index is -0.107. The maximum Gasteiger partial charge on any atom is 0.333 e. The zero-order valence-electron chi connectivity index (χ0n) is 22.5. The number of hydrogen-bond acceptors (Lipinski definition) is 4. The van der Waals surface area contributed by atoms with E-state index in [0.29, 0.717) is 5.92 Å². The SMILES string of the molecule is CC(=O)N1CCC(c2ccc(-n3c(=O)n(C)c4cnc5ccc(-c6cnc7ccccc7c6)cc5c43)cc2)CC1. The Labute approximate surface area is 231 Å². The standard InChI is InChI=1S/C33H29N5O2/c1-21(39)37-15-13-23(14-16-37)22-7-10-27(11-8-22)38-32-28-18-24(26-17-25-5-3-4-6-29(25)34-19-26)9-12-30(28)35-20-31(32)36(2)33(38)40/h3-12,17-20,23H,13-16H2,1-2H3. The highest BCUT2D eigenvalue weighted by Crippen LogP contribution is 2.32. The molecule has 0 aliphatic carbocycles. The van der Waals surface area contributed by atoms with Crippen molar-refractivity contribution in [3.05, 3.63) is 101 Å². The van der Waals surface area contributed by atoms with Crippen LogP contribution in [0.2, 0.25) is 0 Å². The lowest BCUT2D eigenvalue weighted by atomic mass is 9.89. The molecular weight excluding hydrogens is 498 g/mol. The Morgan fingerprint density at radius 1 is 0.850 bits per heavy atom. The van der Waals surface area contributed by atoms with E-state index in [2.05, 4.69) is 46.4 Å². The maximum absolute atomic E-state index is 13.6. The molecule has 0 unspecified atom stereocenters. The highest BCUT2D eigenvalue weighted by Gasteiger charge is 2.22. The molecule has 7 heteroatoms. The molecule has 1 saturated heterocycles. The second kappa shape index (κ2) is 9.45. The summed E-state index contributed by atoms with van der Waals surface area (Å²) in [5, 5.41) is 2.00. The molecule has 1 fully saturated rings. The van der Waals surface area contributed by atoms with Crippen LogP contribution in [0.25, 0.3) is 49.7 Å². The molecule has 0 spiro atoms. The van der Waals surface area contributed by atoms with E-state index < -0.39 is 0 Å². The Balaban J connectivity index is 1.32. The number of nitrogens with zero attached hydrogens (tertiary/aromatic N) is 5. The van der Waals surface area contributed by atoms with Gasteiger partial charge in [0, 0.05) is 49.6 Å². The summed E-state index contributed by atoms with van der Waals surface area (Å²) >= 11 is 0. The van der Waals surface area contributed by atoms with Crippen molar-refractivity contribution in [2.75, 3.05) is 13.1 Å². The van der Waals surface area contributed by atoms with Crippen LogP contribution < -0.4 is 5.69 Å². The summed E-state index contributed by atoms with van der Waals surface area (Å²) in [5.41, 5.74) is 7.42. The van der Waals surface area contributed by atoms with Gasteiger partial charge in [0.15, 0.2) is 0 Å². The van der Waals surface area contributed by atoms with E-state index in [1.807, 2.05) is 47.5 Å². The fourth-order valence-electron chi connectivity index (χ4n) is 6.07. The van der Waals surface area contributed by atoms with Gasteiger partial charge < -0.3 is 4.90 Å². The molecule has 1 aliphatic rings. The van der Waals surface area contributed by atoms with E-state index in [0.717, 1.165) is 75.6 Å². The monoisotopic (exact) mass is 527 g/mol. The van der Waals surface area contributed by atoms with Crippen LogP contribution in [0, 0.1) is 0 Å². The summed E-state index contributed by atoms with van der Waals surface area (Å²) < 4.78 is 3.46. The minimum Gasteiger partial charge on any atom is -0.343 e. The van der Waals surface area contributed by atoms with Gasteiger partial charge in [-0.2, -0.15) is 0 Å². The molecule has 0 radical (unpaired) electrons. The van der Waals surface area contributed by atoms with Crippen molar-refractivity contribution in [3.63, 3.8) is 0 Å². The molecule has 40 heavy (non-hydrogen) atoms. The normalized spacial score (nSPS) is 14.4. The molecule has 7 nitrogen and oxygen atoms in total. The van der Waals surface area contributed by atoms with Gasteiger partial charge in [0.05, 0.1) is 34.0 Å². The molecule has 0 atom stereocenters. The summed E-state index contributed by atoms with van der Waals surface area (Å²) in [6.45, 7) is 3.22. The van der Waals surface area contributed by atoms with Crippen molar-refractivity contribution in [2.24, 2.45) is 7.05 Å². The number of rotatable bonds is 3. The van der Waals surface area contributed by atoms with Crippen molar-refractivity contribution in [3.8, 4) is 16.8 Å². The van der Waals surface area contributed by atoms with E-state index in [-0.39, 0.29) is 11.6 Å². The number of para-hydroxylation sites is 1. The van der Waals surface area contributed by atoms with Gasteiger partial charge >= 0.3 is 5.69 Å². The molecule has 198 valence electrons. The molecule has 6 aromatic rings. The van der Waals surface area contributed by atoms with Crippen molar-refractivity contribution < 1.29 is 4.79 Å². The molecule has 1 amide bonds. The molecule has 0 bridgehead atoms. The Bertz CT molecular complexity index is 1980. The summed E-state index contributed by atoms with van der Waals surface area (Å²) in [7, 11) is 1.79. The highest BCUT2D eigenvalue weighted by molar-refractivity contribution is 6.04. The van der Waals surface area contributed by atoms with Crippen LogP contribution in [-0.4, -0.2) is 43.0 Å². The predicted molar refractivity (Wildman–Crippen MR) is 159 cm³/mol. The molecule has 0 N–H and O–H groups in total. The smallest absolute Gasteiger partial charge is 0.333 e. The average molecular weight is 528 g/mol. The van der Waals surface area contributed by atoms with E-state index in [1.54, 1.807) is 29.3 Å². The Hall–Kier alpha value is -4.78. The number of pyridine rings is 2. The van der Waals surface area contributed by atoms with Gasteiger partial charge in [-0.1, -0.05) is 36.4 Å². The lowest BCUT2D eigenvalue weighted by molar-refractivity contribution is -0.129. The predicted octanol–water partition coefficient (Wildman–Crippen LogP) is 5.82. The first-order chi connectivity index (χ1) is 19.5. The maximum atomic E-state index is 13.6. The van der Waals surface area contributed by atoms with Crippen LogP contribution in [0.3, 0.4) is 0 Å². The summed E-state index contributed by atoms with van der Waals surface area (Å²) in [6, 6.07) is 24.8. The molecule has 3 aromatic carbocycles. The van der Waals surface area contributed by atoms with Gasteiger partial charge in [0.25, 0.3) is 0 Å². The van der Waals surface area contributed by atoms with Crippen LogP contribution in [-0.2, 0) is 11.8 Å². The number of amides is 1. The van der Waals surface area contributed by atoms with Gasteiger partial charge in [0.2, 0.25) is 5.91 Å². The van der Waals surface area contributed by atoms with Crippen molar-refractivity contribution >= 4 is 38.7 Å². The number of likely N-dealkylation sites (tertiary alicyclic amines) is 1. The van der Waals surface area contributed by atoms with E-state index in [1.165, 1.54) is 5.56 Å². The second-order valence-electron chi connectivity index (χ2n) is 10.7. The molecule has 0 saturated carbocycles. The third-order valence-corrected chi connectivity index (χ3v) is 8.37. The van der Waals surface area contributed by atoms with Crippen molar-refractivity contribution in [1.82, 2.24) is 24.0 Å². The third-order valence-electron chi connectivity index (χ3n) is 8.37. The number of fused-ring (bicyclic) bond motifs is 4. The van der Waals surface area contributed by atoms with Crippen LogP contribution >= 0.6 is 0 Å². The van der Waals surface area contributed by atoms with Gasteiger partial charge in [-0.25, -0.2) is 4.79 Å². The summed E-state index contributed by atoms with van der Waals surface area (Å²) in [5.74, 6) is 0.558. The highest BCUT2D eigenvalue weighted by atomic mass is 16.2.